The number of ether oxygens (including phenoxy) is 15. The first-order chi connectivity index (χ1) is 60.2. The Morgan fingerprint density at radius 2 is 0.688 bits per heavy atom. The van der Waals surface area contributed by atoms with Crippen molar-refractivity contribution < 1.29 is 162 Å². The molecule has 0 bridgehead atoms. The van der Waals surface area contributed by atoms with E-state index in [9.17, 15) is 91.2 Å². The van der Waals surface area contributed by atoms with E-state index < -0.39 is 238 Å². The predicted octanol–water partition coefficient (Wildman–Crippen LogP) is -4.23. The molecule has 710 valence electrons. The fourth-order valence-electron chi connectivity index (χ4n) is 12.3. The lowest BCUT2D eigenvalue weighted by atomic mass is 9.92. The van der Waals surface area contributed by atoms with Crippen molar-refractivity contribution in [3.05, 3.63) is 84.0 Å². The van der Waals surface area contributed by atoms with Crippen molar-refractivity contribution in [2.75, 3.05) is 80.4 Å². The molecule has 0 radical (unpaired) electrons. The van der Waals surface area contributed by atoms with Crippen LogP contribution in [0.5, 0.6) is 0 Å². The van der Waals surface area contributed by atoms with Crippen LogP contribution in [0.4, 0.5) is 28.8 Å². The molecule has 6 aliphatic rings. The number of benzene rings is 2. The summed E-state index contributed by atoms with van der Waals surface area (Å²) in [6, 6.07) is 2.18. The third-order valence-electron chi connectivity index (χ3n) is 17.7. The molecule has 3 saturated heterocycles. The number of hydrogen-bond acceptors (Lipinski definition) is 39. The van der Waals surface area contributed by atoms with Crippen LogP contribution in [0.2, 0.25) is 0 Å². The van der Waals surface area contributed by atoms with Crippen molar-refractivity contribution in [3.8, 4) is 0 Å². The summed E-state index contributed by atoms with van der Waals surface area (Å²) in [6.45, 7) is 2.65. The van der Waals surface area contributed by atoms with Gasteiger partial charge in [0, 0.05) is 74.9 Å². The number of nitrogens with two attached hydrogens (primary N) is 7. The molecule has 3 fully saturated rings. The lowest BCUT2D eigenvalue weighted by Gasteiger charge is -2.39. The zero-order valence-electron chi connectivity index (χ0n) is 68.7. The highest BCUT2D eigenvalue weighted by Crippen LogP contribution is 2.34. The van der Waals surface area contributed by atoms with E-state index in [-0.39, 0.29) is 96.3 Å². The highest BCUT2D eigenvalue weighted by molar-refractivity contribution is 8.14. The zero-order valence-corrected chi connectivity index (χ0v) is 73.5. The summed E-state index contributed by atoms with van der Waals surface area (Å²) in [5.41, 5.74) is 38.9. The minimum atomic E-state index is -4.28. The van der Waals surface area contributed by atoms with Gasteiger partial charge in [0.15, 0.2) is 72.8 Å². The van der Waals surface area contributed by atoms with Gasteiger partial charge < -0.3 is 143 Å². The Balaban J connectivity index is 0.000000427. The minimum Gasteiger partial charge on any atom is -0.477 e. The molecule has 128 heavy (non-hydrogen) atoms. The molecule has 59 heteroatoms. The Hall–Kier alpha value is -12.4. The van der Waals surface area contributed by atoms with Crippen molar-refractivity contribution >= 4 is 150 Å². The second-order valence-corrected chi connectivity index (χ2v) is 35.9. The number of nitrogens with zero attached hydrogens (tertiary/aromatic N) is 3. The molecule has 2 aromatic rings. The number of rotatable bonds is 38. The second kappa shape index (κ2) is 48.5. The topological polar surface area (TPSA) is 795 Å². The Kier molecular flexibility index (Phi) is 39.5. The summed E-state index contributed by atoms with van der Waals surface area (Å²) >= 11 is 0. The number of carbonyl (C=O) groups excluding carboxylic acids is 12. The zero-order chi connectivity index (χ0) is 95.1. The number of sulfonamides is 2. The Labute approximate surface area is 739 Å². The highest BCUT2D eigenvalue weighted by Gasteiger charge is 2.54. The number of methoxy groups -OCH3 is 3. The minimum absolute atomic E-state index is 0.0907. The number of aliphatic imine (C=N–C) groups is 3. The van der Waals surface area contributed by atoms with Gasteiger partial charge in [-0.25, -0.2) is 101 Å². The molecular formula is C69H96Cl2N18O35S4. The van der Waals surface area contributed by atoms with Crippen molar-refractivity contribution in [3.63, 3.8) is 0 Å². The molecule has 22 N–H and O–H groups in total. The van der Waals surface area contributed by atoms with Gasteiger partial charge in [-0.05, 0) is 99.7 Å². The molecule has 15 atom stereocenters. The second-order valence-electron chi connectivity index (χ2n) is 27.2. The lowest BCUT2D eigenvalue weighted by molar-refractivity contribution is -0.148. The van der Waals surface area contributed by atoms with E-state index in [0.29, 0.717) is 19.4 Å². The third kappa shape index (κ3) is 32.5. The molecule has 0 spiro atoms. The van der Waals surface area contributed by atoms with Crippen LogP contribution < -0.4 is 81.5 Å². The van der Waals surface area contributed by atoms with E-state index in [4.69, 9.17) is 133 Å². The van der Waals surface area contributed by atoms with Crippen LogP contribution in [0.3, 0.4) is 0 Å². The van der Waals surface area contributed by atoms with Crippen molar-refractivity contribution in [1.29, 1.82) is 0 Å². The number of esters is 3. The molecular weight excluding hydrogens is 1840 g/mol. The van der Waals surface area contributed by atoms with Crippen LogP contribution in [-0.2, 0) is 138 Å². The molecule has 0 aliphatic carbocycles. The van der Waals surface area contributed by atoms with E-state index in [1.807, 2.05) is 0 Å². The average molecular weight is 1940 g/mol. The number of guanidine groups is 3. The summed E-state index contributed by atoms with van der Waals surface area (Å²) in [7, 11) is -3.14. The van der Waals surface area contributed by atoms with Gasteiger partial charge in [0.05, 0.1) is 77.2 Å². The number of cyclic esters (lactones) is 6. The first-order valence-corrected chi connectivity index (χ1v) is 45.4. The fourth-order valence-corrected chi connectivity index (χ4v) is 16.2. The summed E-state index contributed by atoms with van der Waals surface area (Å²) in [6.07, 6.45) is -13.2. The number of unbranched alkanes of at least 4 members (excludes halogenated alkanes) is 3. The van der Waals surface area contributed by atoms with Gasteiger partial charge in [0.2, 0.25) is 55.0 Å². The molecule has 53 nitrogen and oxygen atoms in total. The molecule has 6 heterocycles. The smallest absolute Gasteiger partial charge is 0.477 e. The quantitative estimate of drug-likeness (QED) is 0.00756. The van der Waals surface area contributed by atoms with Crippen LogP contribution in [0.15, 0.2) is 119 Å². The number of hydrogen-bond donors (Lipinski definition) is 15. The first kappa shape index (κ1) is 104. The van der Waals surface area contributed by atoms with Crippen LogP contribution in [-0.4, -0.2) is 296 Å². The molecule has 6 amide bonds. The summed E-state index contributed by atoms with van der Waals surface area (Å²) in [5, 5.41) is 15.3. The predicted molar refractivity (Wildman–Crippen MR) is 436 cm³/mol. The Morgan fingerprint density at radius 1 is 0.422 bits per heavy atom. The highest BCUT2D eigenvalue weighted by atomic mass is 35.7. The third-order valence-corrected chi connectivity index (χ3v) is 23.4. The van der Waals surface area contributed by atoms with Crippen molar-refractivity contribution in [1.82, 2.24) is 41.3 Å². The summed E-state index contributed by atoms with van der Waals surface area (Å²) in [4.78, 5) is 159. The van der Waals surface area contributed by atoms with Gasteiger partial charge in [-0.2, -0.15) is 0 Å². The van der Waals surface area contributed by atoms with Gasteiger partial charge in [-0.1, -0.05) is 12.1 Å². The number of amides is 6. The molecule has 0 unspecified atom stereocenters. The summed E-state index contributed by atoms with van der Waals surface area (Å²) in [5.74, 6) is -6.88. The van der Waals surface area contributed by atoms with E-state index >= 15 is 0 Å². The molecule has 0 aromatic heterocycles. The largest absolute Gasteiger partial charge is 0.508 e. The maximum Gasteiger partial charge on any atom is 0.508 e. The van der Waals surface area contributed by atoms with Gasteiger partial charge in [0.25, 0.3) is 18.1 Å². The van der Waals surface area contributed by atoms with Crippen LogP contribution in [0, 0.1) is 0 Å². The van der Waals surface area contributed by atoms with E-state index in [1.54, 1.807) is 0 Å². The average Bonchev–Trinajstić information content (AvgIpc) is 1.29. The summed E-state index contributed by atoms with van der Waals surface area (Å²) < 4.78 is 180. The van der Waals surface area contributed by atoms with Crippen LogP contribution >= 0.6 is 21.4 Å². The van der Waals surface area contributed by atoms with Gasteiger partial charge in [-0.15, -0.1) is 0 Å². The Morgan fingerprint density at radius 3 is 0.930 bits per heavy atom. The monoisotopic (exact) mass is 1930 g/mol. The number of nitrogens with one attached hydrogen (secondary N) is 8. The van der Waals surface area contributed by atoms with E-state index in [0.717, 1.165) is 33.5 Å². The van der Waals surface area contributed by atoms with Crippen molar-refractivity contribution in [2.45, 2.75) is 170 Å². The molecule has 6 aliphatic heterocycles. The van der Waals surface area contributed by atoms with Crippen LogP contribution in [0.1, 0.15) is 59.3 Å². The molecule has 2 aromatic carbocycles. The standard InChI is InChI=1S/C44H62N12O22S2.C19H30N6O9.C6H4Cl2O4S2/c1-21(57)53-31-25(55-39(45)46)17-27(37(59)69-3)73-35(31)33(29-19-71-43(63)75-29)77-41(61)49-12-5-7-14-51-79(65,66)23-10-9-11-24(16-23)80(67,68)52-15-8-6-13-50-42(62)78-34(30-20-72-44(64)76-30)36-32(54-22(2)58)26(56-40(47)48)18-28(74-36)38(60)70-4;1-9(26)24-13-10(25-17(21)22)7-11(16(27)30-2)32-15(13)14(12-8-31-19(29)33-12)34-18(28)23-6-4-3-5-20;7-13(9,10)5-2-1-3-6(4-5)14(8,11)12/h9-11,16-18,25-26,29-36,51-52H,5-8,12-15,19-20H2,1-4H3,(H,49,61)(H,50,62)(H,53,57)(H,54,58)(H4,45,46,55)(H4,47,48,56);7,10,12-15H,3-6,8,20H2,1-2H3,(H,23,28)(H,24,26)(H4,21,22,25);1-4H/t25-,26-,29+,30+,31+,32+,33+,34+,35+,36+;10-,12+,13+,14+,15+;/m00./s1. The maximum atomic E-state index is 13.2. The fraction of sp³-hybridized carbons (Fsp3) is 0.522. The molecule has 8 rings (SSSR count). The number of halogens is 2. The van der Waals surface area contributed by atoms with Gasteiger partial charge in [0.1, 0.15) is 19.8 Å². The van der Waals surface area contributed by atoms with E-state index in [1.165, 1.54) is 75.4 Å². The molecule has 0 saturated carbocycles. The lowest BCUT2D eigenvalue weighted by Crippen LogP contribution is -2.61. The van der Waals surface area contributed by atoms with E-state index in [2.05, 4.69) is 56.3 Å². The van der Waals surface area contributed by atoms with Gasteiger partial charge >= 0.3 is 54.7 Å². The van der Waals surface area contributed by atoms with Crippen LogP contribution in [0.25, 0.3) is 0 Å². The van der Waals surface area contributed by atoms with Gasteiger partial charge in [-0.3, -0.25) is 14.4 Å². The normalized spacial score (nSPS) is 22.3. The SMILES string of the molecule is COC(=O)C1=C[C@H](N=C(N)N)[C@@H](NC(C)=O)[C@H]([C@H](OC(=O)NCCCCN)[C@H]2COC(=O)O2)O1.COC(=O)C1=C[C@H](N=C(N)N)[C@@H](NC(C)=O)[C@H]([C@H](OC(=O)NCCCCNS(=O)(=O)c2cccc(S(=O)(=O)NCCCCNC(=O)O[C@@H]([C@@H]3OC(C(=O)OC)=C[C@H](N=C(N)N)[C@H]3NC(C)=O)[C@H]3COC(=O)O3)c2)[C@H]2COC(=O)O2)O1.O=S(=O)(Cl)c1cccc(S(=O)(=O)Cl)c1. The van der Waals surface area contributed by atoms with Crippen molar-refractivity contribution in [2.24, 2.45) is 55.1 Å². The Bertz CT molecular complexity index is 4810. The maximum absolute atomic E-state index is 13.2. The number of alkyl carbamates (subject to hydrolysis) is 3. The first-order valence-electron chi connectivity index (χ1n) is 37.8. The number of carbonyl (C=O) groups is 12.